The van der Waals surface area contributed by atoms with E-state index in [9.17, 15) is 75.7 Å². The second kappa shape index (κ2) is 42.9. The molecule has 684 valence electrons. The predicted octanol–water partition coefficient (Wildman–Crippen LogP) is 24.6. The Labute approximate surface area is 751 Å². The Hall–Kier alpha value is -15.0. The fourth-order valence-electron chi connectivity index (χ4n) is 13.0. The molecule has 3 amide bonds. The number of imidazole rings is 4. The number of amides is 3. The van der Waals surface area contributed by atoms with Crippen LogP contribution in [0.5, 0.6) is 46.0 Å². The van der Waals surface area contributed by atoms with Gasteiger partial charge in [-0.2, -0.15) is 56.6 Å². The van der Waals surface area contributed by atoms with Gasteiger partial charge in [-0.1, -0.05) is 48.5 Å². The number of nitrogens with one attached hydrogen (secondary N) is 3. The van der Waals surface area contributed by atoms with Crippen LogP contribution in [0.25, 0.3) is 43.1 Å². The number of nitrogens with zero attached hydrogens (tertiary/aromatic N) is 8. The summed E-state index contributed by atoms with van der Waals surface area (Å²) in [7, 11) is 7.51. The molecule has 0 fully saturated rings. The maximum absolute atomic E-state index is 12.8. The van der Waals surface area contributed by atoms with Crippen LogP contribution in [0.3, 0.4) is 0 Å². The van der Waals surface area contributed by atoms with E-state index in [1.54, 1.807) is 141 Å². The number of aryl methyl sites for hydroxylation is 4. The fraction of sp³-hybridized carbons (Fsp3) is 0.175. The van der Waals surface area contributed by atoms with Crippen molar-refractivity contribution < 1.29 is 99.8 Å². The number of halogens is 13. The Balaban J connectivity index is 0.000000163. The van der Waals surface area contributed by atoms with Crippen LogP contribution in [0.15, 0.2) is 293 Å². The molecule has 2 unspecified atom stereocenters. The zero-order chi connectivity index (χ0) is 95.5. The number of benzene rings is 12. The van der Waals surface area contributed by atoms with Crippen LogP contribution in [0.1, 0.15) is 138 Å². The van der Waals surface area contributed by atoms with Crippen LogP contribution in [-0.2, 0) is 52.9 Å². The summed E-state index contributed by atoms with van der Waals surface area (Å²) >= 11 is 0.250. The van der Waals surface area contributed by atoms with Crippen molar-refractivity contribution in [2.75, 3.05) is 6.26 Å². The van der Waals surface area contributed by atoms with Gasteiger partial charge in [0.15, 0.2) is 0 Å². The molecule has 4 aromatic heterocycles. The highest BCUT2D eigenvalue weighted by Crippen LogP contribution is 2.40. The standard InChI is InChI=1S/3C24H20F3N3O2.C18H11F3O3.C6H11N3.CH3FS/c3*1-15(21-13-30(2)14-28-21)29-23(31)17-6-11-20-16(12-17)4-3-5-22(20)32-19-9-7-18(8-10-19)24(25,26)27;19-18(20,21)13-5-7-14(8-6-13)24-16-3-1-2-11-10-12(17(22)23)4-9-15(11)16;1-5(7)6-3-9(2)4-8-6;1-3-2/h3*3-15H,1-2H3,(H,29,31);1-10H,(H,22,23);3-5H,7H2,1-2H3;1H3/t2*15-;;;;/m10..../s1. The van der Waals surface area contributed by atoms with E-state index in [0.717, 1.165) is 104 Å². The number of hydrogen-bond acceptors (Lipinski definition) is 14. The molecule has 16 rings (SSSR count). The summed E-state index contributed by atoms with van der Waals surface area (Å²) in [5.41, 5.74) is 7.39. The largest absolute Gasteiger partial charge is 0.478 e. The van der Waals surface area contributed by atoms with Crippen LogP contribution in [0.4, 0.5) is 56.6 Å². The molecule has 6 N–H and O–H groups in total. The SMILES string of the molecule is CC(N)c1cn(C)cn1.CC(NC(=O)c1ccc2c(Oc3ccc(C(F)(F)F)cc3)cccc2c1)c1cn(C)cn1.CSF.C[C@@H](NC(=O)c1ccc2c(Oc3ccc(C(F)(F)F)cc3)cccc2c1)c1cn(C)cn1.C[C@H](NC(=O)c1ccc2c(Oc3ccc(C(F)(F)F)cc3)cccc2c1)c1cn(C)cn1.O=C(O)c1ccc2c(Oc3ccc(C(F)(F)F)cc3)cccc2c1. The quantitative estimate of drug-likeness (QED) is 0.0472. The summed E-state index contributed by atoms with van der Waals surface area (Å²) in [4.78, 5) is 65.9. The number of ether oxygens (including phenoxy) is 4. The predicted molar refractivity (Wildman–Crippen MR) is 477 cm³/mol. The number of carboxylic acid groups (broad SMARTS) is 1. The summed E-state index contributed by atoms with van der Waals surface area (Å²) in [5.74, 6) is 1.26. The van der Waals surface area contributed by atoms with Crippen molar-refractivity contribution in [2.24, 2.45) is 33.9 Å². The van der Waals surface area contributed by atoms with Gasteiger partial charge in [0.2, 0.25) is 0 Å². The first-order valence-electron chi connectivity index (χ1n) is 40.1. The molecule has 4 heterocycles. The molecule has 0 aliphatic carbocycles. The summed E-state index contributed by atoms with van der Waals surface area (Å²) in [6.07, 6.45) is -2.00. The molecule has 0 bridgehead atoms. The van der Waals surface area contributed by atoms with Crippen molar-refractivity contribution in [1.29, 1.82) is 0 Å². The number of carboxylic acids is 1. The molecule has 0 saturated carbocycles. The monoisotopic (exact) mass is 1840 g/mol. The minimum atomic E-state index is -4.40. The molecule has 35 heteroatoms. The Bertz CT molecular complexity index is 6190. The zero-order valence-corrected chi connectivity index (χ0v) is 72.5. The minimum Gasteiger partial charge on any atom is -0.478 e. The molecular weight excluding hydrogens is 1760 g/mol. The first kappa shape index (κ1) is 97.6. The number of rotatable bonds is 19. The summed E-state index contributed by atoms with van der Waals surface area (Å²) < 4.78 is 193. The van der Waals surface area contributed by atoms with Gasteiger partial charge in [-0.3, -0.25) is 14.4 Å². The number of hydrogen-bond donors (Lipinski definition) is 5. The topological polar surface area (TPSA) is 259 Å². The van der Waals surface area contributed by atoms with Gasteiger partial charge in [0, 0.05) is 116 Å². The summed E-state index contributed by atoms with van der Waals surface area (Å²) in [6.45, 7) is 7.49. The van der Waals surface area contributed by atoms with Crippen LogP contribution >= 0.6 is 12.1 Å². The van der Waals surface area contributed by atoms with Gasteiger partial charge in [0.25, 0.3) is 17.7 Å². The van der Waals surface area contributed by atoms with E-state index < -0.39 is 52.9 Å². The Kier molecular flexibility index (Phi) is 31.8. The van der Waals surface area contributed by atoms with Gasteiger partial charge in [0.1, 0.15) is 46.0 Å². The molecule has 0 radical (unpaired) electrons. The number of alkyl halides is 12. The fourth-order valence-corrected chi connectivity index (χ4v) is 13.0. The Morgan fingerprint density at radius 3 is 0.742 bits per heavy atom. The van der Waals surface area contributed by atoms with Gasteiger partial charge < -0.3 is 64.0 Å². The van der Waals surface area contributed by atoms with Crippen molar-refractivity contribution in [3.8, 4) is 46.0 Å². The number of fused-ring (bicyclic) bond motifs is 4. The van der Waals surface area contributed by atoms with Crippen molar-refractivity contribution in [2.45, 2.75) is 76.6 Å². The van der Waals surface area contributed by atoms with Crippen LogP contribution in [0, 0.1) is 0 Å². The highest BCUT2D eigenvalue weighted by atomic mass is 32.2. The lowest BCUT2D eigenvalue weighted by Crippen LogP contribution is -2.26. The Morgan fingerprint density at radius 2 is 0.553 bits per heavy atom. The second-order valence-electron chi connectivity index (χ2n) is 30.0. The summed E-state index contributed by atoms with van der Waals surface area (Å²) in [6, 6.07) is 58.4. The smallest absolute Gasteiger partial charge is 0.416 e. The molecule has 0 aliphatic rings. The van der Waals surface area contributed by atoms with E-state index >= 15 is 0 Å². The molecule has 0 spiro atoms. The molecule has 4 atom stereocenters. The van der Waals surface area contributed by atoms with Crippen LogP contribution < -0.4 is 40.6 Å². The minimum absolute atomic E-state index is 0.0474. The average Bonchev–Trinajstić information content (AvgIpc) is 1.03. The maximum Gasteiger partial charge on any atom is 0.416 e. The number of nitrogens with two attached hydrogens (primary N) is 1. The zero-order valence-electron chi connectivity index (χ0n) is 71.7. The van der Waals surface area contributed by atoms with E-state index in [-0.39, 0.29) is 82.6 Å². The molecule has 0 saturated heterocycles. The second-order valence-corrected chi connectivity index (χ2v) is 30.3. The van der Waals surface area contributed by atoms with Gasteiger partial charge in [-0.25, -0.2) is 24.7 Å². The number of aromatic nitrogens is 8. The lowest BCUT2D eigenvalue weighted by Gasteiger charge is -2.13. The van der Waals surface area contributed by atoms with Crippen LogP contribution in [0.2, 0.25) is 0 Å². The van der Waals surface area contributed by atoms with E-state index in [1.165, 1.54) is 66.9 Å². The normalized spacial score (nSPS) is 12.3. The van der Waals surface area contributed by atoms with Crippen molar-refractivity contribution in [3.05, 3.63) is 360 Å². The third kappa shape index (κ3) is 26.6. The van der Waals surface area contributed by atoms with Crippen molar-refractivity contribution in [1.82, 2.24) is 54.2 Å². The lowest BCUT2D eigenvalue weighted by atomic mass is 10.1. The van der Waals surface area contributed by atoms with Crippen LogP contribution in [-0.4, -0.2) is 73.3 Å². The van der Waals surface area contributed by atoms with Gasteiger partial charge in [-0.05, 0) is 243 Å². The van der Waals surface area contributed by atoms with Gasteiger partial charge in [0.05, 0.1) is 94.0 Å². The molecular formula is C97H85F13N12O9S. The molecule has 132 heavy (non-hydrogen) atoms. The van der Waals surface area contributed by atoms with E-state index in [1.807, 2.05) is 117 Å². The first-order valence-corrected chi connectivity index (χ1v) is 41.2. The Morgan fingerprint density at radius 1 is 0.341 bits per heavy atom. The first-order chi connectivity index (χ1) is 62.6. The van der Waals surface area contributed by atoms with E-state index in [0.29, 0.717) is 50.5 Å². The number of carbonyl (C=O) groups excluding carboxylic acids is 3. The molecule has 12 aromatic carbocycles. The van der Waals surface area contributed by atoms with E-state index in [2.05, 4.69) is 35.9 Å². The highest BCUT2D eigenvalue weighted by Gasteiger charge is 2.34. The molecule has 0 aliphatic heterocycles. The molecule has 16 aromatic rings. The highest BCUT2D eigenvalue weighted by molar-refractivity contribution is 7.93. The summed E-state index contributed by atoms with van der Waals surface area (Å²) in [5, 5.41) is 23.7. The van der Waals surface area contributed by atoms with Gasteiger partial charge >= 0.3 is 30.7 Å². The third-order valence-electron chi connectivity index (χ3n) is 19.8. The third-order valence-corrected chi connectivity index (χ3v) is 19.8. The number of carbonyl (C=O) groups is 4. The van der Waals surface area contributed by atoms with Gasteiger partial charge in [-0.15, -0.1) is 0 Å². The molecule has 21 nitrogen and oxygen atoms in total. The van der Waals surface area contributed by atoms with Crippen molar-refractivity contribution >= 4 is 78.9 Å². The number of aromatic carboxylic acids is 1. The van der Waals surface area contributed by atoms with Crippen molar-refractivity contribution in [3.63, 3.8) is 0 Å². The van der Waals surface area contributed by atoms with E-state index in [4.69, 9.17) is 29.8 Å². The average molecular weight is 1840 g/mol. The maximum atomic E-state index is 12.8. The lowest BCUT2D eigenvalue weighted by molar-refractivity contribution is -0.138.